The maximum Gasteiger partial charge on any atom is 0.187 e. The minimum Gasteiger partial charge on any atom is -0.379 e. The quantitative estimate of drug-likeness (QED) is 0.648. The number of carbonyl (C=O) groups is 1. The molecular weight excluding hydrogens is 240 g/mol. The van der Waals surface area contributed by atoms with Gasteiger partial charge < -0.3 is 5.11 Å². The molecule has 0 radical (unpaired) electrons. The van der Waals surface area contributed by atoms with Gasteiger partial charge in [0.05, 0.1) is 0 Å². The van der Waals surface area contributed by atoms with Crippen molar-refractivity contribution in [1.29, 1.82) is 0 Å². The average molecular weight is 252 g/mol. The molecule has 1 aromatic carbocycles. The lowest BCUT2D eigenvalue weighted by molar-refractivity contribution is 0.104. The molecule has 2 nitrogen and oxygen atoms in total. The van der Waals surface area contributed by atoms with E-state index < -0.39 is 4.93 Å². The van der Waals surface area contributed by atoms with Crippen LogP contribution in [-0.2, 0) is 0 Å². The van der Waals surface area contributed by atoms with Crippen LogP contribution >= 0.6 is 23.5 Å². The third-order valence-corrected chi connectivity index (χ3v) is 4.91. The van der Waals surface area contributed by atoms with Gasteiger partial charge in [-0.3, -0.25) is 4.79 Å². The van der Waals surface area contributed by atoms with E-state index in [4.69, 9.17) is 0 Å². The summed E-state index contributed by atoms with van der Waals surface area (Å²) in [4.78, 5) is 11.1. The molecule has 4 heteroatoms. The van der Waals surface area contributed by atoms with Crippen LogP contribution in [0, 0.1) is 0 Å². The van der Waals surface area contributed by atoms with Crippen LogP contribution in [-0.4, -0.2) is 21.6 Å². The highest BCUT2D eigenvalue weighted by Gasteiger charge is 2.31. The predicted molar refractivity (Wildman–Crippen MR) is 69.5 cm³/mol. The molecule has 0 amide bonds. The van der Waals surface area contributed by atoms with E-state index >= 15 is 0 Å². The Balaban J connectivity index is 2.11. The van der Waals surface area contributed by atoms with Crippen molar-refractivity contribution in [3.63, 3.8) is 0 Å². The Kier molecular flexibility index (Phi) is 3.42. The molecule has 0 bridgehead atoms. The first kappa shape index (κ1) is 11.8. The van der Waals surface area contributed by atoms with Crippen molar-refractivity contribution in [2.75, 3.05) is 5.75 Å². The number of rotatable bonds is 2. The lowest BCUT2D eigenvalue weighted by atomic mass is 10.1. The summed E-state index contributed by atoms with van der Waals surface area (Å²) in [6.45, 7) is 1.76. The van der Waals surface area contributed by atoms with Crippen LogP contribution in [0.3, 0.4) is 0 Å². The molecule has 16 heavy (non-hydrogen) atoms. The van der Waals surface area contributed by atoms with Crippen LogP contribution in [0.1, 0.15) is 17.3 Å². The summed E-state index contributed by atoms with van der Waals surface area (Å²) < 4.78 is 0.888. The molecule has 1 aliphatic rings. The SMILES string of the molecule is CC1(O)CSC(=CC(=O)c2ccccc2)S1. The first-order chi connectivity index (χ1) is 7.57. The number of thioether (sulfide) groups is 2. The van der Waals surface area contributed by atoms with Crippen LogP contribution in [0.25, 0.3) is 0 Å². The van der Waals surface area contributed by atoms with E-state index in [1.807, 2.05) is 18.2 Å². The number of allylic oxidation sites excluding steroid dienone is 1. The summed E-state index contributed by atoms with van der Waals surface area (Å²) >= 11 is 2.88. The smallest absolute Gasteiger partial charge is 0.187 e. The Morgan fingerprint density at radius 3 is 2.69 bits per heavy atom. The summed E-state index contributed by atoms with van der Waals surface area (Å²) in [5, 5.41) is 9.74. The second-order valence-electron chi connectivity index (χ2n) is 3.76. The van der Waals surface area contributed by atoms with Crippen molar-refractivity contribution >= 4 is 29.3 Å². The maximum atomic E-state index is 11.8. The lowest BCUT2D eigenvalue weighted by Gasteiger charge is -2.10. The molecule has 1 atom stereocenters. The van der Waals surface area contributed by atoms with Gasteiger partial charge in [0.15, 0.2) is 5.78 Å². The van der Waals surface area contributed by atoms with Crippen LogP contribution < -0.4 is 0 Å². The zero-order chi connectivity index (χ0) is 11.6. The van der Waals surface area contributed by atoms with Gasteiger partial charge in [-0.2, -0.15) is 0 Å². The van der Waals surface area contributed by atoms with Gasteiger partial charge in [-0.25, -0.2) is 0 Å². The van der Waals surface area contributed by atoms with Crippen LogP contribution in [0.4, 0.5) is 0 Å². The van der Waals surface area contributed by atoms with E-state index in [0.717, 1.165) is 4.24 Å². The van der Waals surface area contributed by atoms with Gasteiger partial charge >= 0.3 is 0 Å². The second kappa shape index (κ2) is 4.65. The highest BCUT2D eigenvalue weighted by atomic mass is 32.2. The van der Waals surface area contributed by atoms with Gasteiger partial charge in [-0.15, -0.1) is 11.8 Å². The second-order valence-corrected chi connectivity index (χ2v) is 6.56. The van der Waals surface area contributed by atoms with E-state index in [2.05, 4.69) is 0 Å². The van der Waals surface area contributed by atoms with Crippen LogP contribution in [0.15, 0.2) is 40.6 Å². The van der Waals surface area contributed by atoms with Gasteiger partial charge in [0.25, 0.3) is 0 Å². The molecule has 1 heterocycles. The highest BCUT2D eigenvalue weighted by Crippen LogP contribution is 2.47. The molecule has 2 rings (SSSR count). The largest absolute Gasteiger partial charge is 0.379 e. The van der Waals surface area contributed by atoms with Crippen molar-refractivity contribution < 1.29 is 9.90 Å². The van der Waals surface area contributed by atoms with E-state index in [0.29, 0.717) is 11.3 Å². The number of aliphatic hydroxyl groups is 1. The fraction of sp³-hybridized carbons (Fsp3) is 0.250. The first-order valence-electron chi connectivity index (χ1n) is 4.92. The molecular formula is C12H12O2S2. The third kappa shape index (κ3) is 2.90. The Bertz CT molecular complexity index is 424. The summed E-state index contributed by atoms with van der Waals surface area (Å²) in [6, 6.07) is 9.16. The monoisotopic (exact) mass is 252 g/mol. The summed E-state index contributed by atoms with van der Waals surface area (Å²) in [7, 11) is 0. The lowest BCUT2D eigenvalue weighted by Crippen LogP contribution is -2.16. The van der Waals surface area contributed by atoms with Crippen LogP contribution in [0.2, 0.25) is 0 Å². The van der Waals surface area contributed by atoms with E-state index in [1.165, 1.54) is 23.5 Å². The molecule has 1 aromatic rings. The molecule has 0 saturated carbocycles. The van der Waals surface area contributed by atoms with Gasteiger partial charge in [0.2, 0.25) is 0 Å². The average Bonchev–Trinajstić information content (AvgIpc) is 2.59. The number of benzene rings is 1. The van der Waals surface area contributed by atoms with E-state index in [1.54, 1.807) is 25.1 Å². The van der Waals surface area contributed by atoms with Crippen molar-refractivity contribution in [3.8, 4) is 0 Å². The molecule has 0 spiro atoms. The number of hydrogen-bond acceptors (Lipinski definition) is 4. The minimum atomic E-state index is -0.743. The van der Waals surface area contributed by atoms with E-state index in [9.17, 15) is 9.90 Å². The molecule has 84 valence electrons. The van der Waals surface area contributed by atoms with Gasteiger partial charge in [0.1, 0.15) is 4.93 Å². The number of ketones is 1. The van der Waals surface area contributed by atoms with Gasteiger partial charge in [-0.1, -0.05) is 42.1 Å². The number of carbonyl (C=O) groups excluding carboxylic acids is 1. The molecule has 1 N–H and O–H groups in total. The van der Waals surface area contributed by atoms with Gasteiger partial charge in [-0.05, 0) is 6.92 Å². The Hall–Kier alpha value is -0.710. The van der Waals surface area contributed by atoms with Crippen molar-refractivity contribution in [3.05, 3.63) is 46.2 Å². The third-order valence-electron chi connectivity index (χ3n) is 2.11. The highest BCUT2D eigenvalue weighted by molar-refractivity contribution is 8.25. The predicted octanol–water partition coefficient (Wildman–Crippen LogP) is 2.90. The van der Waals surface area contributed by atoms with Crippen molar-refractivity contribution in [1.82, 2.24) is 0 Å². The maximum absolute atomic E-state index is 11.8. The summed E-state index contributed by atoms with van der Waals surface area (Å²) in [6.07, 6.45) is 1.60. The molecule has 0 aliphatic carbocycles. The molecule has 0 aromatic heterocycles. The minimum absolute atomic E-state index is 0.00620. The zero-order valence-corrected chi connectivity index (χ0v) is 10.5. The van der Waals surface area contributed by atoms with Crippen molar-refractivity contribution in [2.24, 2.45) is 0 Å². The molecule has 1 fully saturated rings. The standard InChI is InChI=1S/C12H12O2S2/c1-12(14)8-15-11(16-12)7-10(13)9-5-3-2-4-6-9/h2-7,14H,8H2,1H3. The van der Waals surface area contributed by atoms with Crippen LogP contribution in [0.5, 0.6) is 0 Å². The summed E-state index contributed by atoms with van der Waals surface area (Å²) in [5.74, 6) is 0.624. The Labute approximate surface area is 103 Å². The number of hydrogen-bond donors (Lipinski definition) is 1. The van der Waals surface area contributed by atoms with E-state index in [-0.39, 0.29) is 5.78 Å². The fourth-order valence-electron chi connectivity index (χ4n) is 1.34. The molecule has 1 saturated heterocycles. The molecule has 1 aliphatic heterocycles. The van der Waals surface area contributed by atoms with Gasteiger partial charge in [0, 0.05) is 21.6 Å². The molecule has 1 unspecified atom stereocenters. The fourth-order valence-corrected chi connectivity index (χ4v) is 3.91. The Morgan fingerprint density at radius 1 is 1.44 bits per heavy atom. The zero-order valence-electron chi connectivity index (χ0n) is 8.84. The van der Waals surface area contributed by atoms with Crippen molar-refractivity contribution in [2.45, 2.75) is 11.9 Å². The summed E-state index contributed by atoms with van der Waals surface area (Å²) in [5.41, 5.74) is 0.683. The topological polar surface area (TPSA) is 37.3 Å². The Morgan fingerprint density at radius 2 is 2.12 bits per heavy atom. The first-order valence-corrected chi connectivity index (χ1v) is 6.72. The normalized spacial score (nSPS) is 27.2.